The maximum absolute atomic E-state index is 14.9. The topological polar surface area (TPSA) is 57.6 Å². The first-order chi connectivity index (χ1) is 13.5. The second kappa shape index (κ2) is 7.54. The Hall–Kier alpha value is -2.41. The van der Waals surface area contributed by atoms with Gasteiger partial charge < -0.3 is 19.7 Å². The molecule has 0 spiro atoms. The van der Waals surface area contributed by atoms with Gasteiger partial charge in [0.2, 0.25) is 5.43 Å². The van der Waals surface area contributed by atoms with Crippen LogP contribution in [0.25, 0.3) is 10.9 Å². The Kier molecular flexibility index (Phi) is 5.10. The number of pyridine rings is 1. The van der Waals surface area contributed by atoms with Crippen LogP contribution < -0.4 is 15.6 Å². The van der Waals surface area contributed by atoms with Crippen molar-refractivity contribution in [1.82, 2.24) is 14.8 Å². The van der Waals surface area contributed by atoms with E-state index in [-0.39, 0.29) is 28.3 Å². The van der Waals surface area contributed by atoms with Crippen molar-refractivity contribution in [2.45, 2.75) is 38.8 Å². The highest BCUT2D eigenvalue weighted by Gasteiger charge is 2.28. The SMILES string of the molecule is CCn1cc(C(=O)N(C)C2CCC2)c(=O)c2cc(F)c(N3CCNCC3)cc21. The summed E-state index contributed by atoms with van der Waals surface area (Å²) in [6.07, 6.45) is 4.70. The van der Waals surface area contributed by atoms with E-state index in [1.54, 1.807) is 24.2 Å². The second-order valence-corrected chi connectivity index (χ2v) is 7.72. The van der Waals surface area contributed by atoms with E-state index in [4.69, 9.17) is 0 Å². The minimum atomic E-state index is -0.411. The summed E-state index contributed by atoms with van der Waals surface area (Å²) >= 11 is 0. The summed E-state index contributed by atoms with van der Waals surface area (Å²) in [7, 11) is 1.75. The van der Waals surface area contributed by atoms with Crippen LogP contribution in [0.1, 0.15) is 36.5 Å². The number of aromatic nitrogens is 1. The van der Waals surface area contributed by atoms with E-state index in [2.05, 4.69) is 5.32 Å². The normalized spacial score (nSPS) is 17.6. The molecule has 1 saturated carbocycles. The molecule has 1 aromatic carbocycles. The molecule has 1 amide bonds. The molecule has 28 heavy (non-hydrogen) atoms. The summed E-state index contributed by atoms with van der Waals surface area (Å²) in [5, 5.41) is 3.53. The van der Waals surface area contributed by atoms with Gasteiger partial charge in [0.1, 0.15) is 11.4 Å². The molecule has 6 nitrogen and oxygen atoms in total. The molecule has 1 N–H and O–H groups in total. The standard InChI is InChI=1S/C21H27FN4O2/c1-3-25-13-16(21(28)24(2)14-5-4-6-14)20(27)15-11-17(22)19(12-18(15)25)26-9-7-23-8-10-26/h11-14,23H,3-10H2,1-2H3. The smallest absolute Gasteiger partial charge is 0.259 e. The van der Waals surface area contributed by atoms with Gasteiger partial charge in [-0.3, -0.25) is 9.59 Å². The molecule has 0 atom stereocenters. The summed E-state index contributed by atoms with van der Waals surface area (Å²) in [6.45, 7) is 5.61. The minimum absolute atomic E-state index is 0.123. The monoisotopic (exact) mass is 386 g/mol. The molecule has 0 radical (unpaired) electrons. The predicted molar refractivity (Wildman–Crippen MR) is 109 cm³/mol. The zero-order chi connectivity index (χ0) is 19.8. The zero-order valence-corrected chi connectivity index (χ0v) is 16.5. The maximum Gasteiger partial charge on any atom is 0.259 e. The van der Waals surface area contributed by atoms with Gasteiger partial charge in [-0.2, -0.15) is 0 Å². The van der Waals surface area contributed by atoms with Crippen molar-refractivity contribution in [3.05, 3.63) is 39.9 Å². The van der Waals surface area contributed by atoms with E-state index in [0.29, 0.717) is 17.7 Å². The molecule has 1 saturated heterocycles. The molecular weight excluding hydrogens is 359 g/mol. The molecule has 7 heteroatoms. The van der Waals surface area contributed by atoms with Crippen LogP contribution in [0, 0.1) is 5.82 Å². The van der Waals surface area contributed by atoms with Gasteiger partial charge in [-0.25, -0.2) is 4.39 Å². The molecule has 1 aliphatic heterocycles. The summed E-state index contributed by atoms with van der Waals surface area (Å²) in [4.78, 5) is 29.6. The summed E-state index contributed by atoms with van der Waals surface area (Å²) in [5.41, 5.74) is 0.922. The van der Waals surface area contributed by atoms with E-state index in [0.717, 1.165) is 45.4 Å². The van der Waals surface area contributed by atoms with E-state index >= 15 is 0 Å². The lowest BCUT2D eigenvalue weighted by atomic mass is 9.91. The van der Waals surface area contributed by atoms with Gasteiger partial charge in [-0.05, 0) is 38.3 Å². The highest BCUT2D eigenvalue weighted by Crippen LogP contribution is 2.27. The molecule has 150 valence electrons. The highest BCUT2D eigenvalue weighted by atomic mass is 19.1. The largest absolute Gasteiger partial charge is 0.367 e. The van der Waals surface area contributed by atoms with Crippen molar-refractivity contribution < 1.29 is 9.18 Å². The number of rotatable bonds is 4. The van der Waals surface area contributed by atoms with Gasteiger partial charge in [-0.1, -0.05) is 0 Å². The van der Waals surface area contributed by atoms with E-state index in [9.17, 15) is 14.0 Å². The Bertz CT molecular complexity index is 961. The quantitative estimate of drug-likeness (QED) is 0.875. The Labute approximate surface area is 163 Å². The summed E-state index contributed by atoms with van der Waals surface area (Å²) in [5.74, 6) is -0.684. The second-order valence-electron chi connectivity index (χ2n) is 7.72. The number of nitrogens with one attached hydrogen (secondary N) is 1. The molecule has 0 unspecified atom stereocenters. The van der Waals surface area contributed by atoms with Crippen molar-refractivity contribution in [2.24, 2.45) is 0 Å². The first kappa shape index (κ1) is 18.9. The molecule has 0 bridgehead atoms. The van der Waals surface area contributed by atoms with Crippen LogP contribution in [0.4, 0.5) is 10.1 Å². The number of fused-ring (bicyclic) bond motifs is 1. The number of hydrogen-bond donors (Lipinski definition) is 1. The van der Waals surface area contributed by atoms with Crippen molar-refractivity contribution in [3.8, 4) is 0 Å². The van der Waals surface area contributed by atoms with Crippen LogP contribution in [0.5, 0.6) is 0 Å². The third kappa shape index (κ3) is 3.17. The van der Waals surface area contributed by atoms with E-state index in [1.807, 2.05) is 16.4 Å². The first-order valence-corrected chi connectivity index (χ1v) is 10.1. The Morgan fingerprint density at radius 1 is 1.29 bits per heavy atom. The van der Waals surface area contributed by atoms with Crippen LogP contribution >= 0.6 is 0 Å². The molecule has 2 fully saturated rings. The van der Waals surface area contributed by atoms with Crippen LogP contribution in [0.15, 0.2) is 23.1 Å². The predicted octanol–water partition coefficient (Wildman–Crippen LogP) is 2.19. The lowest BCUT2D eigenvalue weighted by Gasteiger charge is -2.34. The molecule has 2 heterocycles. The zero-order valence-electron chi connectivity index (χ0n) is 16.5. The van der Waals surface area contributed by atoms with Gasteiger partial charge in [0.15, 0.2) is 0 Å². The van der Waals surface area contributed by atoms with Gasteiger partial charge in [0.25, 0.3) is 5.91 Å². The Balaban J connectivity index is 1.81. The Morgan fingerprint density at radius 3 is 2.61 bits per heavy atom. The van der Waals surface area contributed by atoms with Crippen molar-refractivity contribution in [2.75, 3.05) is 38.1 Å². The molecule has 2 aliphatic rings. The lowest BCUT2D eigenvalue weighted by Crippen LogP contribution is -2.44. The van der Waals surface area contributed by atoms with Crippen LogP contribution in [-0.2, 0) is 6.54 Å². The minimum Gasteiger partial charge on any atom is -0.367 e. The fraction of sp³-hybridized carbons (Fsp3) is 0.524. The van der Waals surface area contributed by atoms with Crippen LogP contribution in [0.2, 0.25) is 0 Å². The molecule has 1 aromatic heterocycles. The summed E-state index contributed by atoms with van der Waals surface area (Å²) in [6, 6.07) is 3.26. The number of benzene rings is 1. The van der Waals surface area contributed by atoms with Crippen molar-refractivity contribution in [3.63, 3.8) is 0 Å². The average Bonchev–Trinajstić information content (AvgIpc) is 2.67. The van der Waals surface area contributed by atoms with Gasteiger partial charge in [0.05, 0.1) is 11.2 Å². The molecular formula is C21H27FN4O2. The average molecular weight is 386 g/mol. The van der Waals surface area contributed by atoms with Crippen molar-refractivity contribution >= 4 is 22.5 Å². The number of hydrogen-bond acceptors (Lipinski definition) is 4. The van der Waals surface area contributed by atoms with Gasteiger partial charge in [0, 0.05) is 57.4 Å². The lowest BCUT2D eigenvalue weighted by molar-refractivity contribution is 0.0650. The number of aryl methyl sites for hydroxylation is 1. The number of piperazine rings is 1. The number of nitrogens with zero attached hydrogens (tertiary/aromatic N) is 3. The highest BCUT2D eigenvalue weighted by molar-refractivity contribution is 5.98. The number of amides is 1. The summed E-state index contributed by atoms with van der Waals surface area (Å²) < 4.78 is 16.8. The van der Waals surface area contributed by atoms with Gasteiger partial charge >= 0.3 is 0 Å². The number of anilines is 1. The Morgan fingerprint density at radius 2 is 2.00 bits per heavy atom. The van der Waals surface area contributed by atoms with Crippen molar-refractivity contribution in [1.29, 1.82) is 0 Å². The number of carbonyl (C=O) groups is 1. The first-order valence-electron chi connectivity index (χ1n) is 10.1. The fourth-order valence-corrected chi connectivity index (χ4v) is 4.09. The molecule has 2 aromatic rings. The third-order valence-electron chi connectivity index (χ3n) is 6.12. The number of carbonyl (C=O) groups excluding carboxylic acids is 1. The molecule has 4 rings (SSSR count). The fourth-order valence-electron chi connectivity index (χ4n) is 4.09. The number of halogens is 1. The van der Waals surface area contributed by atoms with E-state index < -0.39 is 5.82 Å². The third-order valence-corrected chi connectivity index (χ3v) is 6.12. The van der Waals surface area contributed by atoms with Crippen LogP contribution in [0.3, 0.4) is 0 Å². The van der Waals surface area contributed by atoms with Gasteiger partial charge in [-0.15, -0.1) is 0 Å². The maximum atomic E-state index is 14.9. The van der Waals surface area contributed by atoms with Crippen LogP contribution in [-0.4, -0.2) is 54.6 Å². The molecule has 1 aliphatic carbocycles. The van der Waals surface area contributed by atoms with E-state index in [1.165, 1.54) is 6.07 Å².